The summed E-state index contributed by atoms with van der Waals surface area (Å²) in [6.07, 6.45) is 2.94. The number of hydrogen-bond acceptors (Lipinski definition) is 6. The molecule has 0 aromatic carbocycles. The molecule has 2 aliphatic heterocycles. The molecule has 1 aromatic rings. The van der Waals surface area contributed by atoms with Crippen LogP contribution in [0.2, 0.25) is 0 Å². The van der Waals surface area contributed by atoms with Crippen molar-refractivity contribution in [2.45, 2.75) is 46.1 Å². The van der Waals surface area contributed by atoms with Gasteiger partial charge in [-0.05, 0) is 32.1 Å². The molecule has 1 amide bonds. The first-order chi connectivity index (χ1) is 13.0. The van der Waals surface area contributed by atoms with Crippen LogP contribution in [0.4, 0.5) is 5.13 Å². The standard InChI is InChI=1S/C20H34N4O2S/c1-15(2)12-18(23-8-10-26-11-9-23)13-21-19(25)17-4-6-24(7-5-17)20-22-16(3)14-27-20/h14-15,17-18H,4-13H2,1-3H3,(H,21,25). The Morgan fingerprint density at radius 3 is 2.59 bits per heavy atom. The number of hydrogen-bond donors (Lipinski definition) is 1. The van der Waals surface area contributed by atoms with Crippen LogP contribution in [0, 0.1) is 18.8 Å². The summed E-state index contributed by atoms with van der Waals surface area (Å²) in [5.41, 5.74) is 1.08. The number of nitrogens with zero attached hydrogens (tertiary/aromatic N) is 3. The number of rotatable bonds is 7. The van der Waals surface area contributed by atoms with Crippen molar-refractivity contribution >= 4 is 22.4 Å². The van der Waals surface area contributed by atoms with Gasteiger partial charge in [-0.3, -0.25) is 9.69 Å². The Hall–Kier alpha value is -1.18. The lowest BCUT2D eigenvalue weighted by molar-refractivity contribution is -0.126. The van der Waals surface area contributed by atoms with Gasteiger partial charge in [0.05, 0.1) is 18.9 Å². The van der Waals surface area contributed by atoms with Crippen molar-refractivity contribution in [3.05, 3.63) is 11.1 Å². The van der Waals surface area contributed by atoms with Crippen LogP contribution in [0.5, 0.6) is 0 Å². The average Bonchev–Trinajstić information content (AvgIpc) is 3.12. The normalized spacial score (nSPS) is 20.8. The topological polar surface area (TPSA) is 57.7 Å². The number of aromatic nitrogens is 1. The Balaban J connectivity index is 1.46. The van der Waals surface area contributed by atoms with Crippen molar-refractivity contribution in [2.75, 3.05) is 50.8 Å². The molecule has 7 heteroatoms. The smallest absolute Gasteiger partial charge is 0.223 e. The lowest BCUT2D eigenvalue weighted by Crippen LogP contribution is -2.50. The van der Waals surface area contributed by atoms with E-state index in [9.17, 15) is 4.79 Å². The predicted molar refractivity (Wildman–Crippen MR) is 110 cm³/mol. The predicted octanol–water partition coefficient (Wildman–Crippen LogP) is 2.53. The fourth-order valence-electron chi connectivity index (χ4n) is 4.03. The van der Waals surface area contributed by atoms with E-state index in [1.165, 1.54) is 0 Å². The number of anilines is 1. The van der Waals surface area contributed by atoms with Gasteiger partial charge in [-0.25, -0.2) is 4.98 Å². The van der Waals surface area contributed by atoms with Crippen molar-refractivity contribution in [2.24, 2.45) is 11.8 Å². The first-order valence-electron chi connectivity index (χ1n) is 10.3. The molecule has 3 rings (SSSR count). The Labute approximate surface area is 167 Å². The van der Waals surface area contributed by atoms with Gasteiger partial charge in [-0.1, -0.05) is 13.8 Å². The molecule has 0 saturated carbocycles. The molecule has 2 saturated heterocycles. The SMILES string of the molecule is Cc1csc(N2CCC(C(=O)NCC(CC(C)C)N3CCOCC3)CC2)n1. The van der Waals surface area contributed by atoms with Crippen molar-refractivity contribution in [1.82, 2.24) is 15.2 Å². The number of carbonyl (C=O) groups is 1. The monoisotopic (exact) mass is 394 g/mol. The minimum absolute atomic E-state index is 0.131. The van der Waals surface area contributed by atoms with Gasteiger partial charge in [0.15, 0.2) is 5.13 Å². The molecule has 0 bridgehead atoms. The van der Waals surface area contributed by atoms with E-state index in [2.05, 4.69) is 39.3 Å². The summed E-state index contributed by atoms with van der Waals surface area (Å²) in [6, 6.07) is 0.413. The van der Waals surface area contributed by atoms with E-state index in [1.807, 2.05) is 6.92 Å². The number of thiazole rings is 1. The molecule has 27 heavy (non-hydrogen) atoms. The van der Waals surface area contributed by atoms with Crippen molar-refractivity contribution < 1.29 is 9.53 Å². The second-order valence-corrected chi connectivity index (χ2v) is 9.05. The Morgan fingerprint density at radius 2 is 2.00 bits per heavy atom. The van der Waals surface area contributed by atoms with Crippen molar-refractivity contribution in [3.63, 3.8) is 0 Å². The first kappa shape index (κ1) is 20.6. The summed E-state index contributed by atoms with van der Waals surface area (Å²) >= 11 is 1.70. The number of piperidine rings is 1. The van der Waals surface area contributed by atoms with Crippen LogP contribution >= 0.6 is 11.3 Å². The third-order valence-electron chi connectivity index (χ3n) is 5.56. The second-order valence-electron chi connectivity index (χ2n) is 8.21. The molecule has 1 unspecified atom stereocenters. The number of amides is 1. The van der Waals surface area contributed by atoms with Crippen LogP contribution in [0.1, 0.15) is 38.8 Å². The fourth-order valence-corrected chi connectivity index (χ4v) is 4.89. The van der Waals surface area contributed by atoms with Gasteiger partial charge < -0.3 is 15.0 Å². The van der Waals surface area contributed by atoms with E-state index in [-0.39, 0.29) is 11.8 Å². The van der Waals surface area contributed by atoms with Crippen molar-refractivity contribution in [3.8, 4) is 0 Å². The number of carbonyl (C=O) groups excluding carboxylic acids is 1. The largest absolute Gasteiger partial charge is 0.379 e. The summed E-state index contributed by atoms with van der Waals surface area (Å²) in [5, 5.41) is 6.45. The summed E-state index contributed by atoms with van der Waals surface area (Å²) in [7, 11) is 0. The molecule has 1 aromatic heterocycles. The van der Waals surface area contributed by atoms with E-state index in [1.54, 1.807) is 11.3 Å². The minimum atomic E-state index is 0.131. The molecule has 152 valence electrons. The van der Waals surface area contributed by atoms with Gasteiger partial charge in [-0.15, -0.1) is 11.3 Å². The summed E-state index contributed by atoms with van der Waals surface area (Å²) < 4.78 is 5.49. The molecular weight excluding hydrogens is 360 g/mol. The number of morpholine rings is 1. The summed E-state index contributed by atoms with van der Waals surface area (Å²) in [6.45, 7) is 12.7. The van der Waals surface area contributed by atoms with E-state index < -0.39 is 0 Å². The van der Waals surface area contributed by atoms with Gasteiger partial charge in [0, 0.05) is 50.1 Å². The van der Waals surface area contributed by atoms with Gasteiger partial charge in [0.1, 0.15) is 0 Å². The molecule has 2 aliphatic rings. The fraction of sp³-hybridized carbons (Fsp3) is 0.800. The van der Waals surface area contributed by atoms with Gasteiger partial charge in [0.25, 0.3) is 0 Å². The highest BCUT2D eigenvalue weighted by atomic mass is 32.1. The molecular formula is C20H34N4O2S. The first-order valence-corrected chi connectivity index (χ1v) is 11.2. The van der Waals surface area contributed by atoms with Gasteiger partial charge in [0.2, 0.25) is 5.91 Å². The summed E-state index contributed by atoms with van der Waals surface area (Å²) in [5.74, 6) is 0.985. The second kappa shape index (κ2) is 9.85. The van der Waals surface area contributed by atoms with Crippen LogP contribution in [0.3, 0.4) is 0 Å². The molecule has 0 spiro atoms. The third kappa shape index (κ3) is 5.90. The Bertz CT molecular complexity index is 593. The molecule has 2 fully saturated rings. The molecule has 1 N–H and O–H groups in total. The molecule has 1 atom stereocenters. The Kier molecular flexibility index (Phi) is 7.49. The zero-order valence-corrected chi connectivity index (χ0v) is 17.8. The minimum Gasteiger partial charge on any atom is -0.379 e. The summed E-state index contributed by atoms with van der Waals surface area (Å²) in [4.78, 5) is 22.1. The third-order valence-corrected chi connectivity index (χ3v) is 6.58. The Morgan fingerprint density at radius 1 is 1.30 bits per heavy atom. The quantitative estimate of drug-likeness (QED) is 0.770. The maximum atomic E-state index is 12.7. The highest BCUT2D eigenvalue weighted by Gasteiger charge is 2.28. The van der Waals surface area contributed by atoms with Crippen LogP contribution in [0.25, 0.3) is 0 Å². The van der Waals surface area contributed by atoms with Crippen LogP contribution in [-0.2, 0) is 9.53 Å². The van der Waals surface area contributed by atoms with Crippen LogP contribution in [0.15, 0.2) is 5.38 Å². The molecule has 3 heterocycles. The highest BCUT2D eigenvalue weighted by molar-refractivity contribution is 7.13. The van der Waals surface area contributed by atoms with Gasteiger partial charge in [-0.2, -0.15) is 0 Å². The highest BCUT2D eigenvalue weighted by Crippen LogP contribution is 2.26. The van der Waals surface area contributed by atoms with Crippen molar-refractivity contribution in [1.29, 1.82) is 0 Å². The average molecular weight is 395 g/mol. The zero-order valence-electron chi connectivity index (χ0n) is 16.9. The zero-order chi connectivity index (χ0) is 19.2. The van der Waals surface area contributed by atoms with Crippen LogP contribution in [-0.4, -0.2) is 67.8 Å². The molecule has 0 radical (unpaired) electrons. The maximum absolute atomic E-state index is 12.7. The van der Waals surface area contributed by atoms with E-state index >= 15 is 0 Å². The van der Waals surface area contributed by atoms with E-state index in [0.717, 1.165) is 76.0 Å². The number of aryl methyl sites for hydroxylation is 1. The van der Waals surface area contributed by atoms with E-state index in [0.29, 0.717) is 12.0 Å². The van der Waals surface area contributed by atoms with Gasteiger partial charge >= 0.3 is 0 Å². The lowest BCUT2D eigenvalue weighted by Gasteiger charge is -2.36. The maximum Gasteiger partial charge on any atom is 0.223 e. The van der Waals surface area contributed by atoms with Crippen LogP contribution < -0.4 is 10.2 Å². The lowest BCUT2D eigenvalue weighted by atomic mass is 9.95. The van der Waals surface area contributed by atoms with E-state index in [4.69, 9.17) is 4.74 Å². The number of nitrogens with one attached hydrogen (secondary N) is 1. The number of ether oxygens (including phenoxy) is 1. The molecule has 6 nitrogen and oxygen atoms in total. The molecule has 0 aliphatic carbocycles.